The molecule has 0 bridgehead atoms. The Labute approximate surface area is 100 Å². The largest absolute Gasteiger partial charge is 0.453 e. The Morgan fingerprint density at radius 1 is 1.18 bits per heavy atom. The molecule has 0 fully saturated rings. The Morgan fingerprint density at radius 3 is 2.24 bits per heavy atom. The highest BCUT2D eigenvalue weighted by molar-refractivity contribution is 5.66. The molecule has 90 valence electrons. The second kappa shape index (κ2) is 7.96. The van der Waals surface area contributed by atoms with Gasteiger partial charge < -0.3 is 10.1 Å². The van der Waals surface area contributed by atoms with Crippen LogP contribution in [0.25, 0.3) is 0 Å². The van der Waals surface area contributed by atoms with Gasteiger partial charge >= 0.3 is 6.09 Å². The lowest BCUT2D eigenvalue weighted by molar-refractivity contribution is 0.171. The van der Waals surface area contributed by atoms with E-state index in [0.717, 1.165) is 6.42 Å². The van der Waals surface area contributed by atoms with E-state index in [-0.39, 0.29) is 6.42 Å². The van der Waals surface area contributed by atoms with Gasteiger partial charge in [-0.15, -0.1) is 0 Å². The smallest absolute Gasteiger partial charge is 0.406 e. The van der Waals surface area contributed by atoms with E-state index in [4.69, 9.17) is 15.8 Å². The zero-order chi connectivity index (χ0) is 13.1. The van der Waals surface area contributed by atoms with Gasteiger partial charge in [0.1, 0.15) is 18.2 Å². The molecule has 0 aromatic carbocycles. The number of methoxy groups -OCH3 is 1. The maximum Gasteiger partial charge on any atom is 0.406 e. The highest BCUT2D eigenvalue weighted by Gasteiger charge is 2.28. The van der Waals surface area contributed by atoms with E-state index in [1.54, 1.807) is 18.2 Å². The molecule has 0 saturated heterocycles. The van der Waals surface area contributed by atoms with E-state index >= 15 is 0 Å². The van der Waals surface area contributed by atoms with Crippen LogP contribution in [0.3, 0.4) is 0 Å². The Kier molecular flexibility index (Phi) is 6.90. The first-order chi connectivity index (χ1) is 8.14. The summed E-state index contributed by atoms with van der Waals surface area (Å²) in [6.45, 7) is 0.478. The van der Waals surface area contributed by atoms with Crippen LogP contribution in [0, 0.1) is 39.4 Å². The van der Waals surface area contributed by atoms with Crippen molar-refractivity contribution in [3.63, 3.8) is 0 Å². The lowest BCUT2D eigenvalue weighted by Crippen LogP contribution is -2.24. The first-order valence-electron chi connectivity index (χ1n) is 5.19. The van der Waals surface area contributed by atoms with Crippen LogP contribution < -0.4 is 5.32 Å². The van der Waals surface area contributed by atoms with Crippen molar-refractivity contribution in [3.05, 3.63) is 0 Å². The topological polar surface area (TPSA) is 110 Å². The zero-order valence-electron chi connectivity index (χ0n) is 9.69. The number of rotatable bonds is 6. The molecule has 0 rings (SSSR count). The van der Waals surface area contributed by atoms with Crippen molar-refractivity contribution in [2.75, 3.05) is 13.7 Å². The summed E-state index contributed by atoms with van der Waals surface area (Å²) in [7, 11) is 1.29. The SMILES string of the molecule is COC(=O)NCCCCCC(C#N)(C#N)C#N. The number of nitriles is 3. The average Bonchev–Trinajstić information content (AvgIpc) is 2.38. The van der Waals surface area contributed by atoms with Crippen LogP contribution >= 0.6 is 0 Å². The molecule has 0 atom stereocenters. The number of nitrogens with one attached hydrogen (secondary N) is 1. The Bertz CT molecular complexity index is 336. The van der Waals surface area contributed by atoms with Crippen molar-refractivity contribution in [1.82, 2.24) is 5.32 Å². The molecule has 0 aliphatic carbocycles. The zero-order valence-corrected chi connectivity index (χ0v) is 9.69. The van der Waals surface area contributed by atoms with E-state index in [2.05, 4.69) is 10.1 Å². The number of ether oxygens (including phenoxy) is 1. The first kappa shape index (κ1) is 14.7. The quantitative estimate of drug-likeness (QED) is 0.699. The highest BCUT2D eigenvalue weighted by Crippen LogP contribution is 2.22. The molecule has 6 heteroatoms. The molecule has 0 unspecified atom stereocenters. The lowest BCUT2D eigenvalue weighted by Gasteiger charge is -2.08. The molecule has 0 aliphatic rings. The van der Waals surface area contributed by atoms with Gasteiger partial charge in [-0.2, -0.15) is 15.8 Å². The van der Waals surface area contributed by atoms with Gasteiger partial charge in [0, 0.05) is 6.54 Å². The van der Waals surface area contributed by atoms with Crippen LogP contribution in [0.1, 0.15) is 25.7 Å². The minimum absolute atomic E-state index is 0.231. The molecular formula is C11H14N4O2. The molecule has 0 aromatic heterocycles. The summed E-state index contributed by atoms with van der Waals surface area (Å²) in [6, 6.07) is 5.16. The van der Waals surface area contributed by atoms with Gasteiger partial charge in [0.15, 0.2) is 0 Å². The van der Waals surface area contributed by atoms with Gasteiger partial charge in [-0.1, -0.05) is 6.42 Å². The van der Waals surface area contributed by atoms with Crippen LogP contribution in [0.5, 0.6) is 0 Å². The summed E-state index contributed by atoms with van der Waals surface area (Å²) >= 11 is 0. The molecule has 0 aliphatic heterocycles. The third-order valence-corrected chi connectivity index (χ3v) is 2.26. The molecule has 0 saturated carbocycles. The van der Waals surface area contributed by atoms with Crippen LogP contribution in [-0.4, -0.2) is 19.7 Å². The summed E-state index contributed by atoms with van der Waals surface area (Å²) in [5, 5.41) is 28.7. The summed E-state index contributed by atoms with van der Waals surface area (Å²) in [5.41, 5.74) is -1.53. The van der Waals surface area contributed by atoms with Gasteiger partial charge in [0.05, 0.1) is 7.11 Å². The van der Waals surface area contributed by atoms with Gasteiger partial charge in [0.2, 0.25) is 5.41 Å². The standard InChI is InChI=1S/C11H14N4O2/c1-17-10(16)15-6-4-2-3-5-11(7-12,8-13)9-14/h2-6H2,1H3,(H,15,16). The van der Waals surface area contributed by atoms with Crippen molar-refractivity contribution in [2.24, 2.45) is 5.41 Å². The summed E-state index contributed by atoms with van der Waals surface area (Å²) in [5.74, 6) is 0. The number of unbranched alkanes of at least 4 members (excludes halogenated alkanes) is 2. The van der Waals surface area contributed by atoms with Crippen molar-refractivity contribution in [2.45, 2.75) is 25.7 Å². The molecule has 17 heavy (non-hydrogen) atoms. The van der Waals surface area contributed by atoms with Gasteiger partial charge in [-0.05, 0) is 19.3 Å². The van der Waals surface area contributed by atoms with Crippen molar-refractivity contribution in [3.8, 4) is 18.2 Å². The van der Waals surface area contributed by atoms with Crippen LogP contribution in [0.4, 0.5) is 4.79 Å². The van der Waals surface area contributed by atoms with Crippen LogP contribution in [-0.2, 0) is 4.74 Å². The van der Waals surface area contributed by atoms with Gasteiger partial charge in [0.25, 0.3) is 0 Å². The lowest BCUT2D eigenvalue weighted by atomic mass is 9.87. The number of nitrogens with zero attached hydrogens (tertiary/aromatic N) is 3. The minimum Gasteiger partial charge on any atom is -0.453 e. The number of hydrogen-bond donors (Lipinski definition) is 1. The number of carbonyl (C=O) groups excluding carboxylic acids is 1. The fourth-order valence-corrected chi connectivity index (χ4v) is 1.20. The van der Waals surface area contributed by atoms with E-state index in [1.165, 1.54) is 7.11 Å². The normalized spacial score (nSPS) is 9.53. The molecule has 6 nitrogen and oxygen atoms in total. The fraction of sp³-hybridized carbons (Fsp3) is 0.636. The predicted octanol–water partition coefficient (Wildman–Crippen LogP) is 1.46. The van der Waals surface area contributed by atoms with Gasteiger partial charge in [-0.3, -0.25) is 0 Å². The Morgan fingerprint density at radius 2 is 1.76 bits per heavy atom. The maximum absolute atomic E-state index is 10.7. The summed E-state index contributed by atoms with van der Waals surface area (Å²) in [6.07, 6.45) is 1.79. The molecule has 0 heterocycles. The highest BCUT2D eigenvalue weighted by atomic mass is 16.5. The van der Waals surface area contributed by atoms with Crippen molar-refractivity contribution >= 4 is 6.09 Å². The van der Waals surface area contributed by atoms with Crippen LogP contribution in [0.15, 0.2) is 0 Å². The van der Waals surface area contributed by atoms with E-state index in [9.17, 15) is 4.79 Å². The van der Waals surface area contributed by atoms with Crippen molar-refractivity contribution in [1.29, 1.82) is 15.8 Å². The molecule has 0 radical (unpaired) electrons. The number of alkyl carbamates (subject to hydrolysis) is 1. The monoisotopic (exact) mass is 234 g/mol. The summed E-state index contributed by atoms with van der Waals surface area (Å²) in [4.78, 5) is 10.7. The van der Waals surface area contributed by atoms with Crippen LogP contribution in [0.2, 0.25) is 0 Å². The second-order valence-corrected chi connectivity index (χ2v) is 3.47. The molecular weight excluding hydrogens is 220 g/mol. The molecule has 0 aromatic rings. The van der Waals surface area contributed by atoms with E-state index in [0.29, 0.717) is 19.4 Å². The van der Waals surface area contributed by atoms with E-state index < -0.39 is 11.5 Å². The Hall–Kier alpha value is -2.26. The third-order valence-electron chi connectivity index (χ3n) is 2.26. The van der Waals surface area contributed by atoms with Crippen molar-refractivity contribution < 1.29 is 9.53 Å². The second-order valence-electron chi connectivity index (χ2n) is 3.47. The minimum atomic E-state index is -1.53. The molecule has 1 N–H and O–H groups in total. The maximum atomic E-state index is 10.7. The number of amides is 1. The number of carbonyl (C=O) groups is 1. The predicted molar refractivity (Wildman–Crippen MR) is 58.1 cm³/mol. The molecule has 1 amide bonds. The fourth-order valence-electron chi connectivity index (χ4n) is 1.20. The number of hydrogen-bond acceptors (Lipinski definition) is 5. The average molecular weight is 234 g/mol. The first-order valence-corrected chi connectivity index (χ1v) is 5.19. The van der Waals surface area contributed by atoms with E-state index in [1.807, 2.05) is 0 Å². The summed E-state index contributed by atoms with van der Waals surface area (Å²) < 4.78 is 4.38. The third kappa shape index (κ3) is 5.39. The van der Waals surface area contributed by atoms with Gasteiger partial charge in [-0.25, -0.2) is 4.79 Å². The molecule has 0 spiro atoms. The Balaban J connectivity index is 3.73.